The molecule has 4 heteroatoms. The van der Waals surface area contributed by atoms with Gasteiger partial charge in [0.15, 0.2) is 0 Å². The van der Waals surface area contributed by atoms with E-state index in [1.54, 1.807) is 6.20 Å². The topological polar surface area (TPSA) is 35.0 Å². The molecule has 2 aromatic rings. The molecule has 3 nitrogen and oxygen atoms in total. The Morgan fingerprint density at radius 2 is 2.00 bits per heavy atom. The van der Waals surface area contributed by atoms with E-state index < -0.39 is 8.80 Å². The predicted molar refractivity (Wildman–Crippen MR) is 75.8 cm³/mol. The largest absolute Gasteiger partial charge is 0.492 e. The van der Waals surface area contributed by atoms with Gasteiger partial charge in [0, 0.05) is 6.20 Å². The van der Waals surface area contributed by atoms with E-state index in [0.29, 0.717) is 6.61 Å². The van der Waals surface area contributed by atoms with Crippen LogP contribution in [0.15, 0.2) is 36.7 Å². The van der Waals surface area contributed by atoms with Gasteiger partial charge in [-0.2, -0.15) is 0 Å². The highest BCUT2D eigenvalue weighted by atomic mass is 28.3. The molecule has 2 aromatic heterocycles. The molecule has 0 saturated heterocycles. The average molecular weight is 257 g/mol. The Hall–Kier alpha value is -1.68. The zero-order valence-electron chi connectivity index (χ0n) is 11.0. The fourth-order valence-corrected chi connectivity index (χ4v) is 2.88. The number of hydrogen-bond acceptors (Lipinski definition) is 3. The molecule has 0 amide bonds. The van der Waals surface area contributed by atoms with E-state index in [9.17, 15) is 0 Å². The normalized spacial score (nSPS) is 10.7. The lowest BCUT2D eigenvalue weighted by molar-refractivity contribution is 0.339. The molecule has 0 atom stereocenters. The number of rotatable bonds is 4. The van der Waals surface area contributed by atoms with Crippen molar-refractivity contribution < 1.29 is 4.74 Å². The van der Waals surface area contributed by atoms with Crippen molar-refractivity contribution in [3.05, 3.63) is 36.7 Å². The van der Waals surface area contributed by atoms with Gasteiger partial charge in [-0.25, -0.2) is 0 Å². The van der Waals surface area contributed by atoms with Gasteiger partial charge in [-0.15, -0.1) is 0 Å². The Morgan fingerprint density at radius 3 is 2.61 bits per heavy atom. The standard InChI is InChI=1S/C14H17N2OSi/c1-4-17-11-7-8-12(16-10-11)14-13(18(2)3)6-5-9-15-14/h5-10H,4H2,1-3H3. The summed E-state index contributed by atoms with van der Waals surface area (Å²) in [6.07, 6.45) is 3.58. The quantitative estimate of drug-likeness (QED) is 0.789. The molecule has 0 aliphatic heterocycles. The lowest BCUT2D eigenvalue weighted by Crippen LogP contribution is -2.25. The van der Waals surface area contributed by atoms with Crippen LogP contribution in [0.2, 0.25) is 13.1 Å². The van der Waals surface area contributed by atoms with Crippen LogP contribution < -0.4 is 9.92 Å². The fourth-order valence-electron chi connectivity index (χ4n) is 1.79. The molecule has 0 bridgehead atoms. The van der Waals surface area contributed by atoms with Crippen LogP contribution in [0.5, 0.6) is 5.75 Å². The number of aromatic nitrogens is 2. The Bertz CT molecular complexity index is 511. The van der Waals surface area contributed by atoms with Crippen molar-refractivity contribution in [2.45, 2.75) is 20.0 Å². The molecule has 0 N–H and O–H groups in total. The highest BCUT2D eigenvalue weighted by Crippen LogP contribution is 2.16. The summed E-state index contributed by atoms with van der Waals surface area (Å²) in [6.45, 7) is 7.15. The van der Waals surface area contributed by atoms with Gasteiger partial charge in [0.05, 0.1) is 33.0 Å². The van der Waals surface area contributed by atoms with E-state index in [-0.39, 0.29) is 0 Å². The molecule has 1 radical (unpaired) electrons. The van der Waals surface area contributed by atoms with Crippen LogP contribution in [0.1, 0.15) is 6.92 Å². The lowest BCUT2D eigenvalue weighted by Gasteiger charge is -2.10. The molecule has 0 spiro atoms. The van der Waals surface area contributed by atoms with Gasteiger partial charge in [0.25, 0.3) is 0 Å². The second-order valence-electron chi connectivity index (χ2n) is 4.21. The molecule has 2 heterocycles. The summed E-state index contributed by atoms with van der Waals surface area (Å²) in [6, 6.07) is 8.06. The zero-order valence-corrected chi connectivity index (χ0v) is 12.0. The van der Waals surface area contributed by atoms with Crippen molar-refractivity contribution in [2.24, 2.45) is 0 Å². The average Bonchev–Trinajstić information content (AvgIpc) is 2.40. The first-order valence-corrected chi connectivity index (χ1v) is 8.57. The van der Waals surface area contributed by atoms with Gasteiger partial charge >= 0.3 is 0 Å². The Balaban J connectivity index is 2.36. The summed E-state index contributed by atoms with van der Waals surface area (Å²) in [5.74, 6) is 0.803. The minimum atomic E-state index is -0.543. The van der Waals surface area contributed by atoms with Gasteiger partial charge in [-0.05, 0) is 30.3 Å². The van der Waals surface area contributed by atoms with Crippen LogP contribution in [-0.2, 0) is 0 Å². The SMILES string of the molecule is CCOc1ccc(-c2ncccc2[Si](C)C)nc1. The van der Waals surface area contributed by atoms with Crippen molar-refractivity contribution in [3.8, 4) is 17.1 Å². The Labute approximate surface area is 109 Å². The first kappa shape index (κ1) is 12.8. The summed E-state index contributed by atoms with van der Waals surface area (Å²) in [4.78, 5) is 8.91. The molecular formula is C14H17N2OSi. The van der Waals surface area contributed by atoms with Crippen LogP contribution in [0.25, 0.3) is 11.4 Å². The predicted octanol–water partition coefficient (Wildman–Crippen LogP) is 2.50. The summed E-state index contributed by atoms with van der Waals surface area (Å²) in [7, 11) is -0.543. The van der Waals surface area contributed by atoms with E-state index >= 15 is 0 Å². The van der Waals surface area contributed by atoms with Crippen molar-refractivity contribution in [1.29, 1.82) is 0 Å². The molecule has 0 aromatic carbocycles. The smallest absolute Gasteiger partial charge is 0.137 e. The Morgan fingerprint density at radius 1 is 1.17 bits per heavy atom. The van der Waals surface area contributed by atoms with E-state index in [2.05, 4.69) is 29.1 Å². The highest BCUT2D eigenvalue weighted by Gasteiger charge is 2.11. The highest BCUT2D eigenvalue weighted by molar-refractivity contribution is 6.72. The summed E-state index contributed by atoms with van der Waals surface area (Å²) >= 11 is 0. The van der Waals surface area contributed by atoms with Crippen LogP contribution >= 0.6 is 0 Å². The minimum Gasteiger partial charge on any atom is -0.492 e. The molecule has 0 saturated carbocycles. The molecule has 0 fully saturated rings. The van der Waals surface area contributed by atoms with E-state index in [1.165, 1.54) is 5.19 Å². The third-order valence-electron chi connectivity index (χ3n) is 2.64. The van der Waals surface area contributed by atoms with E-state index in [4.69, 9.17) is 4.74 Å². The fraction of sp³-hybridized carbons (Fsp3) is 0.286. The molecule has 0 aliphatic rings. The first-order valence-electron chi connectivity index (χ1n) is 6.07. The van der Waals surface area contributed by atoms with Crippen molar-refractivity contribution >= 4 is 14.0 Å². The third-order valence-corrected chi connectivity index (χ3v) is 4.12. The van der Waals surface area contributed by atoms with Crippen LogP contribution in [0.3, 0.4) is 0 Å². The summed E-state index contributed by atoms with van der Waals surface area (Å²) < 4.78 is 5.40. The van der Waals surface area contributed by atoms with Crippen molar-refractivity contribution in [1.82, 2.24) is 9.97 Å². The maximum absolute atomic E-state index is 5.40. The van der Waals surface area contributed by atoms with Gasteiger partial charge < -0.3 is 4.74 Å². The van der Waals surface area contributed by atoms with Crippen LogP contribution in [-0.4, -0.2) is 25.4 Å². The number of pyridine rings is 2. The monoisotopic (exact) mass is 257 g/mol. The number of ether oxygens (including phenoxy) is 1. The van der Waals surface area contributed by atoms with Crippen molar-refractivity contribution in [3.63, 3.8) is 0 Å². The van der Waals surface area contributed by atoms with Gasteiger partial charge in [0.2, 0.25) is 0 Å². The van der Waals surface area contributed by atoms with Crippen LogP contribution in [0, 0.1) is 0 Å². The van der Waals surface area contributed by atoms with Crippen LogP contribution in [0.4, 0.5) is 0 Å². The van der Waals surface area contributed by atoms with Gasteiger partial charge in [-0.1, -0.05) is 19.2 Å². The lowest BCUT2D eigenvalue weighted by atomic mass is 10.2. The second-order valence-corrected chi connectivity index (χ2v) is 6.75. The molecule has 0 aliphatic carbocycles. The maximum Gasteiger partial charge on any atom is 0.137 e. The zero-order chi connectivity index (χ0) is 13.0. The van der Waals surface area contributed by atoms with E-state index in [0.717, 1.165) is 17.1 Å². The molecule has 93 valence electrons. The molecule has 0 unspecified atom stereocenters. The van der Waals surface area contributed by atoms with Crippen molar-refractivity contribution in [2.75, 3.05) is 6.61 Å². The second kappa shape index (κ2) is 5.77. The third kappa shape index (κ3) is 2.76. The first-order chi connectivity index (χ1) is 8.72. The molecule has 2 rings (SSSR count). The Kier molecular flexibility index (Phi) is 4.10. The molecular weight excluding hydrogens is 240 g/mol. The minimum absolute atomic E-state index is 0.543. The summed E-state index contributed by atoms with van der Waals surface area (Å²) in [5.41, 5.74) is 1.92. The molecule has 18 heavy (non-hydrogen) atoms. The van der Waals surface area contributed by atoms with Gasteiger partial charge in [0.1, 0.15) is 5.75 Å². The van der Waals surface area contributed by atoms with E-state index in [1.807, 2.05) is 31.3 Å². The maximum atomic E-state index is 5.40. The number of hydrogen-bond donors (Lipinski definition) is 0. The van der Waals surface area contributed by atoms with Gasteiger partial charge in [-0.3, -0.25) is 9.97 Å². The summed E-state index contributed by atoms with van der Waals surface area (Å²) in [5, 5.41) is 1.32. The number of nitrogens with zero attached hydrogens (tertiary/aromatic N) is 2.